The van der Waals surface area contributed by atoms with Gasteiger partial charge in [0.15, 0.2) is 18.5 Å². The van der Waals surface area contributed by atoms with E-state index in [4.69, 9.17) is 28.7 Å². The number of aliphatic hydroxyl groups is 5. The fourth-order valence-corrected chi connectivity index (χ4v) is 8.28. The van der Waals surface area contributed by atoms with Crippen LogP contribution in [0, 0.1) is 23.7 Å². The molecule has 352 valence electrons. The summed E-state index contributed by atoms with van der Waals surface area (Å²) in [6.45, 7) is 18.6. The van der Waals surface area contributed by atoms with E-state index < -0.39 is 79.9 Å². The number of carbonyl (C=O) groups excluding carboxylic acids is 2. The van der Waals surface area contributed by atoms with Gasteiger partial charge in [0.1, 0.15) is 29.4 Å². The first-order valence-electron chi connectivity index (χ1n) is 21.7. The van der Waals surface area contributed by atoms with E-state index in [9.17, 15) is 35.1 Å². The van der Waals surface area contributed by atoms with Gasteiger partial charge in [0, 0.05) is 42.9 Å². The Morgan fingerprint density at radius 2 is 1.68 bits per heavy atom. The van der Waals surface area contributed by atoms with Crippen molar-refractivity contribution < 1.29 is 58.8 Å². The third kappa shape index (κ3) is 16.0. The van der Waals surface area contributed by atoms with Gasteiger partial charge in [-0.05, 0) is 59.0 Å². The van der Waals surface area contributed by atoms with E-state index in [1.165, 1.54) is 18.4 Å². The van der Waals surface area contributed by atoms with Crippen LogP contribution in [0.3, 0.4) is 0 Å². The first-order valence-corrected chi connectivity index (χ1v) is 22.5. The molecule has 2 aliphatic rings. The largest absolute Gasteiger partial charge is 0.452 e. The highest BCUT2D eigenvalue weighted by Crippen LogP contribution is 2.35. The highest BCUT2D eigenvalue weighted by Gasteiger charge is 2.45. The minimum Gasteiger partial charge on any atom is -0.452 e. The van der Waals surface area contributed by atoms with Gasteiger partial charge in [-0.3, -0.25) is 0 Å². The van der Waals surface area contributed by atoms with E-state index in [0.29, 0.717) is 29.1 Å². The van der Waals surface area contributed by atoms with Crippen molar-refractivity contribution in [2.45, 2.75) is 143 Å². The highest BCUT2D eigenvalue weighted by atomic mass is 32.1. The van der Waals surface area contributed by atoms with E-state index in [-0.39, 0.29) is 23.7 Å². The molecule has 2 aliphatic heterocycles. The standard InChI is InChI=1S/C48H72N2O12S/c1-26(2)20-38(61-48(57)49-11)45-50-35(25-63-45)44-31(7)15-13-14-30(6)43(58-12)34(10)36(52)19-17-27(3)21-29(5)22-33(9)37(23-28(4)16-18-32(8)46(56)62-44)59-47-42(55)41(54)40(53)39(24-51)60-47/h13-15,17-19,21-23,25-26,31,33-34,36-44,47,51-55H,16,20,24H2,1-12H3,(H,49,57)/b15-13-,19-17-,27-21-,28-23+,29-22-,30-14+,32-18+/t31-,33-,34-,36+,37+,38-,39+,40+,41-,42+,43+,44-,47+/m0/s1. The summed E-state index contributed by atoms with van der Waals surface area (Å²) < 4.78 is 29.8. The number of nitrogens with zero attached hydrogens (tertiary/aromatic N) is 1. The molecule has 0 unspecified atom stereocenters. The van der Waals surface area contributed by atoms with E-state index in [1.54, 1.807) is 26.2 Å². The molecular weight excluding hydrogens is 829 g/mol. The SMILES string of the molecule is CNC(=O)O[C@@H](CC(C)C)c1nc([C@H]2OC(=O)/C(C)=C/C/C(C)=C/[C@@H](O[C@@H]3O[C@H](CO)[C@@H](O)[C@H](O)[C@H]3O)[C@@H](C)\C=C(C)/C=C(C)\C=C/[C@@H](O)[C@H](C)[C@H](OC)/C(C)=C/C=C\[C@@H]2C)cs1. The molecule has 1 aromatic heterocycles. The van der Waals surface area contributed by atoms with Crippen molar-refractivity contribution in [1.82, 2.24) is 10.3 Å². The molecule has 1 aromatic rings. The number of amides is 1. The van der Waals surface area contributed by atoms with Crippen LogP contribution < -0.4 is 5.32 Å². The molecular formula is C48H72N2O12S. The van der Waals surface area contributed by atoms with Crippen molar-refractivity contribution in [2.75, 3.05) is 20.8 Å². The molecule has 0 aromatic carbocycles. The number of rotatable bonds is 9. The Balaban J connectivity index is 2.13. The molecule has 63 heavy (non-hydrogen) atoms. The number of aromatic nitrogens is 1. The van der Waals surface area contributed by atoms with Gasteiger partial charge in [0.25, 0.3) is 0 Å². The van der Waals surface area contributed by atoms with Crippen molar-refractivity contribution in [2.24, 2.45) is 23.7 Å². The number of aliphatic hydroxyl groups excluding tert-OH is 5. The molecule has 15 heteroatoms. The zero-order valence-corrected chi connectivity index (χ0v) is 39.7. The monoisotopic (exact) mass is 900 g/mol. The number of esters is 1. The summed E-state index contributed by atoms with van der Waals surface area (Å²) in [7, 11) is 3.10. The number of cyclic esters (lactones) is 1. The Morgan fingerprint density at radius 3 is 2.32 bits per heavy atom. The molecule has 1 saturated heterocycles. The topological polar surface area (TPSA) is 206 Å². The van der Waals surface area contributed by atoms with Crippen molar-refractivity contribution in [3.63, 3.8) is 0 Å². The van der Waals surface area contributed by atoms with Gasteiger partial charge < -0.3 is 54.5 Å². The zero-order chi connectivity index (χ0) is 47.1. The Morgan fingerprint density at radius 1 is 0.984 bits per heavy atom. The number of ether oxygens (including phenoxy) is 5. The molecule has 0 spiro atoms. The number of alkyl carbamates (subject to hydrolysis) is 1. The van der Waals surface area contributed by atoms with Gasteiger partial charge in [0.05, 0.1) is 30.6 Å². The molecule has 1 fully saturated rings. The molecule has 14 nitrogen and oxygen atoms in total. The van der Waals surface area contributed by atoms with Crippen LogP contribution in [0.1, 0.15) is 105 Å². The van der Waals surface area contributed by atoms with E-state index >= 15 is 0 Å². The normalized spacial score (nSPS) is 36.9. The molecule has 0 radical (unpaired) electrons. The maximum absolute atomic E-state index is 13.9. The van der Waals surface area contributed by atoms with Crippen molar-refractivity contribution >= 4 is 23.4 Å². The second kappa shape index (κ2) is 25.6. The summed E-state index contributed by atoms with van der Waals surface area (Å²) >= 11 is 1.33. The highest BCUT2D eigenvalue weighted by molar-refractivity contribution is 7.09. The molecule has 3 rings (SSSR count). The van der Waals surface area contributed by atoms with E-state index in [2.05, 4.69) is 5.32 Å². The number of methoxy groups -OCH3 is 1. The average Bonchev–Trinajstić information content (AvgIpc) is 3.72. The summed E-state index contributed by atoms with van der Waals surface area (Å²) in [5, 5.41) is 57.7. The molecule has 0 bridgehead atoms. The quantitative estimate of drug-likeness (QED) is 0.111. The van der Waals surface area contributed by atoms with Gasteiger partial charge in [-0.15, -0.1) is 11.3 Å². The summed E-state index contributed by atoms with van der Waals surface area (Å²) in [5.74, 6) is -1.36. The maximum Gasteiger partial charge on any atom is 0.407 e. The number of thiazole rings is 1. The lowest BCUT2D eigenvalue weighted by Crippen LogP contribution is -2.59. The van der Waals surface area contributed by atoms with Crippen LogP contribution in [0.4, 0.5) is 4.79 Å². The van der Waals surface area contributed by atoms with E-state index in [1.807, 2.05) is 110 Å². The fraction of sp³-hybridized carbons (Fsp3) is 0.604. The molecule has 6 N–H and O–H groups in total. The lowest BCUT2D eigenvalue weighted by molar-refractivity contribution is -0.309. The summed E-state index contributed by atoms with van der Waals surface area (Å²) in [6, 6.07) is 0. The molecule has 1 amide bonds. The Labute approximate surface area is 377 Å². The predicted octanol–water partition coefficient (Wildman–Crippen LogP) is 6.89. The average molecular weight is 901 g/mol. The molecule has 13 atom stereocenters. The van der Waals surface area contributed by atoms with Crippen molar-refractivity contribution in [3.8, 4) is 0 Å². The predicted molar refractivity (Wildman–Crippen MR) is 243 cm³/mol. The third-order valence-corrected chi connectivity index (χ3v) is 12.1. The number of nitrogens with one attached hydrogen (secondary N) is 1. The van der Waals surface area contributed by atoms with Gasteiger partial charge in [-0.2, -0.15) is 0 Å². The van der Waals surface area contributed by atoms with Crippen LogP contribution in [-0.2, 0) is 28.5 Å². The maximum atomic E-state index is 13.9. The number of hydrogen-bond acceptors (Lipinski definition) is 14. The van der Waals surface area contributed by atoms with Crippen LogP contribution in [0.25, 0.3) is 0 Å². The van der Waals surface area contributed by atoms with Crippen LogP contribution in [0.15, 0.2) is 87.9 Å². The van der Waals surface area contributed by atoms with Crippen molar-refractivity contribution in [3.05, 3.63) is 98.6 Å². The lowest BCUT2D eigenvalue weighted by Gasteiger charge is -2.41. The number of hydrogen-bond donors (Lipinski definition) is 6. The van der Waals surface area contributed by atoms with Gasteiger partial charge >= 0.3 is 12.1 Å². The Kier molecular flexibility index (Phi) is 21.8. The fourth-order valence-electron chi connectivity index (χ4n) is 7.40. The first-order chi connectivity index (χ1) is 29.7. The van der Waals surface area contributed by atoms with Gasteiger partial charge in [-0.1, -0.05) is 106 Å². The van der Waals surface area contributed by atoms with Crippen LogP contribution in [-0.4, -0.2) is 112 Å². The second-order valence-corrected chi connectivity index (χ2v) is 18.2. The molecule has 0 saturated carbocycles. The minimum atomic E-state index is -1.62. The van der Waals surface area contributed by atoms with E-state index in [0.717, 1.165) is 22.3 Å². The smallest absolute Gasteiger partial charge is 0.407 e. The third-order valence-electron chi connectivity index (χ3n) is 11.1. The second-order valence-electron chi connectivity index (χ2n) is 17.3. The molecule has 3 heterocycles. The Bertz CT molecular complexity index is 1860. The summed E-state index contributed by atoms with van der Waals surface area (Å²) in [4.78, 5) is 31.0. The zero-order valence-electron chi connectivity index (χ0n) is 38.9. The van der Waals surface area contributed by atoms with Crippen LogP contribution in [0.5, 0.6) is 0 Å². The van der Waals surface area contributed by atoms with Crippen molar-refractivity contribution in [1.29, 1.82) is 0 Å². The van der Waals surface area contributed by atoms with Gasteiger partial charge in [-0.25, -0.2) is 14.6 Å². The Hall–Kier alpha value is -3.77. The molecule has 0 aliphatic carbocycles. The summed E-state index contributed by atoms with van der Waals surface area (Å²) in [6.07, 6.45) is 6.49. The van der Waals surface area contributed by atoms with Gasteiger partial charge in [0.2, 0.25) is 0 Å². The first kappa shape index (κ1) is 53.6. The lowest BCUT2D eigenvalue weighted by atomic mass is 9.91. The minimum absolute atomic E-state index is 0.203. The summed E-state index contributed by atoms with van der Waals surface area (Å²) in [5.41, 5.74) is 4.32. The van der Waals surface area contributed by atoms with Crippen LogP contribution >= 0.6 is 11.3 Å². The number of carbonyl (C=O) groups is 2. The number of allylic oxidation sites excluding steroid dienone is 8. The van der Waals surface area contributed by atoms with Crippen LogP contribution in [0.2, 0.25) is 0 Å².